The Morgan fingerprint density at radius 1 is 1.10 bits per heavy atom. The summed E-state index contributed by atoms with van der Waals surface area (Å²) in [5.74, 6) is -2.90. The molecule has 0 aliphatic carbocycles. The van der Waals surface area contributed by atoms with Crippen LogP contribution in [0.3, 0.4) is 0 Å². The van der Waals surface area contributed by atoms with Crippen molar-refractivity contribution in [1.82, 2.24) is 25.6 Å². The highest BCUT2D eigenvalue weighted by atomic mass is 16.4. The number of aromatic nitrogens is 3. The predicted octanol–water partition coefficient (Wildman–Crippen LogP) is -0.0704. The Morgan fingerprint density at radius 2 is 1.81 bits per heavy atom. The zero-order valence-electron chi connectivity index (χ0n) is 17.2. The number of amides is 3. The van der Waals surface area contributed by atoms with Gasteiger partial charge in [0.1, 0.15) is 12.1 Å². The van der Waals surface area contributed by atoms with Gasteiger partial charge in [0.15, 0.2) is 0 Å². The van der Waals surface area contributed by atoms with Crippen LogP contribution < -0.4 is 16.4 Å². The SMILES string of the molecule is CC[C@H](NC(=O)CCc1cn(-c2ccccc2)nn1)C(=O)N[C@@H](CCC(=O)O)C(N)=O. The van der Waals surface area contributed by atoms with Gasteiger partial charge in [-0.3, -0.25) is 19.2 Å². The maximum absolute atomic E-state index is 12.4. The van der Waals surface area contributed by atoms with Crippen LogP contribution >= 0.6 is 0 Å². The molecule has 31 heavy (non-hydrogen) atoms. The van der Waals surface area contributed by atoms with E-state index < -0.39 is 29.9 Å². The molecule has 0 fully saturated rings. The Morgan fingerprint density at radius 3 is 2.42 bits per heavy atom. The van der Waals surface area contributed by atoms with Crippen LogP contribution in [-0.2, 0) is 25.6 Å². The maximum atomic E-state index is 12.4. The van der Waals surface area contributed by atoms with Gasteiger partial charge in [-0.2, -0.15) is 0 Å². The number of aliphatic carboxylic acids is 1. The molecule has 11 nitrogen and oxygen atoms in total. The molecule has 0 aliphatic rings. The van der Waals surface area contributed by atoms with Gasteiger partial charge in [0, 0.05) is 19.3 Å². The summed E-state index contributed by atoms with van der Waals surface area (Å²) in [7, 11) is 0. The Labute approximate surface area is 179 Å². The third-order valence-corrected chi connectivity index (χ3v) is 4.54. The van der Waals surface area contributed by atoms with E-state index in [-0.39, 0.29) is 31.6 Å². The van der Waals surface area contributed by atoms with E-state index in [0.29, 0.717) is 12.1 Å². The maximum Gasteiger partial charge on any atom is 0.303 e. The summed E-state index contributed by atoms with van der Waals surface area (Å²) in [4.78, 5) is 46.8. The standard InChI is InChI=1S/C20H26N6O5/c1-2-15(20(31)23-16(19(21)30)9-11-18(28)29)22-17(27)10-8-13-12-26(25-24-13)14-6-4-3-5-7-14/h3-7,12,15-16H,2,8-11H2,1H3,(H2,21,30)(H,22,27)(H,23,31)(H,28,29)/t15-,16-/m0/s1. The van der Waals surface area contributed by atoms with Crippen LogP contribution in [-0.4, -0.2) is 55.9 Å². The third-order valence-electron chi connectivity index (χ3n) is 4.54. The summed E-state index contributed by atoms with van der Waals surface area (Å²) in [6, 6.07) is 7.41. The first-order chi connectivity index (χ1) is 14.8. The van der Waals surface area contributed by atoms with Gasteiger partial charge >= 0.3 is 5.97 Å². The van der Waals surface area contributed by atoms with Crippen molar-refractivity contribution in [1.29, 1.82) is 0 Å². The van der Waals surface area contributed by atoms with Gasteiger partial charge in [-0.1, -0.05) is 30.3 Å². The molecule has 0 saturated heterocycles. The first-order valence-corrected chi connectivity index (χ1v) is 9.87. The summed E-state index contributed by atoms with van der Waals surface area (Å²) in [6.07, 6.45) is 1.99. The number of primary amides is 1. The highest BCUT2D eigenvalue weighted by molar-refractivity contribution is 5.91. The fourth-order valence-corrected chi connectivity index (χ4v) is 2.81. The van der Waals surface area contributed by atoms with Crippen molar-refractivity contribution >= 4 is 23.7 Å². The first kappa shape index (κ1) is 23.5. The molecule has 0 aliphatic heterocycles. The number of para-hydroxylation sites is 1. The van der Waals surface area contributed by atoms with Gasteiger partial charge in [0.25, 0.3) is 0 Å². The fraction of sp³-hybridized carbons (Fsp3) is 0.400. The van der Waals surface area contributed by atoms with Gasteiger partial charge in [0.05, 0.1) is 17.6 Å². The molecule has 1 aromatic carbocycles. The van der Waals surface area contributed by atoms with Crippen LogP contribution in [0.25, 0.3) is 5.69 Å². The molecule has 3 amide bonds. The van der Waals surface area contributed by atoms with Gasteiger partial charge in [-0.25, -0.2) is 4.68 Å². The van der Waals surface area contributed by atoms with Crippen LogP contribution in [0, 0.1) is 0 Å². The largest absolute Gasteiger partial charge is 0.481 e. The van der Waals surface area contributed by atoms with E-state index >= 15 is 0 Å². The molecule has 0 saturated carbocycles. The zero-order chi connectivity index (χ0) is 22.8. The van der Waals surface area contributed by atoms with E-state index in [9.17, 15) is 19.2 Å². The topological polar surface area (TPSA) is 169 Å². The molecule has 2 aromatic rings. The van der Waals surface area contributed by atoms with E-state index in [2.05, 4.69) is 20.9 Å². The Kier molecular flexibility index (Phi) is 8.67. The normalized spacial score (nSPS) is 12.5. The number of nitrogens with one attached hydrogen (secondary N) is 2. The molecule has 11 heteroatoms. The lowest BCUT2D eigenvalue weighted by Gasteiger charge is -2.20. The van der Waals surface area contributed by atoms with Gasteiger partial charge in [-0.15, -0.1) is 5.10 Å². The summed E-state index contributed by atoms with van der Waals surface area (Å²) < 4.78 is 1.61. The van der Waals surface area contributed by atoms with Crippen molar-refractivity contribution in [2.24, 2.45) is 5.73 Å². The van der Waals surface area contributed by atoms with Crippen LogP contribution in [0.5, 0.6) is 0 Å². The molecule has 2 rings (SSSR count). The van der Waals surface area contributed by atoms with Crippen molar-refractivity contribution < 1.29 is 24.3 Å². The van der Waals surface area contributed by atoms with Crippen molar-refractivity contribution in [2.45, 2.75) is 51.1 Å². The van der Waals surface area contributed by atoms with E-state index in [4.69, 9.17) is 10.8 Å². The highest BCUT2D eigenvalue weighted by Gasteiger charge is 2.25. The Hall–Kier alpha value is -3.76. The number of hydrogen-bond donors (Lipinski definition) is 4. The summed E-state index contributed by atoms with van der Waals surface area (Å²) in [5, 5.41) is 21.8. The molecule has 2 atom stereocenters. The lowest BCUT2D eigenvalue weighted by molar-refractivity contribution is -0.137. The predicted molar refractivity (Wildman–Crippen MR) is 110 cm³/mol. The zero-order valence-corrected chi connectivity index (χ0v) is 17.2. The monoisotopic (exact) mass is 430 g/mol. The quantitative estimate of drug-likeness (QED) is 0.365. The molecular formula is C20H26N6O5. The number of carbonyl (C=O) groups is 4. The highest BCUT2D eigenvalue weighted by Crippen LogP contribution is 2.07. The number of carbonyl (C=O) groups excluding carboxylic acids is 3. The molecule has 0 unspecified atom stereocenters. The number of aryl methyl sites for hydroxylation is 1. The summed E-state index contributed by atoms with van der Waals surface area (Å²) in [5.41, 5.74) is 6.69. The van der Waals surface area contributed by atoms with Gasteiger partial charge in [0.2, 0.25) is 17.7 Å². The minimum Gasteiger partial charge on any atom is -0.481 e. The number of benzene rings is 1. The molecule has 1 heterocycles. The molecular weight excluding hydrogens is 404 g/mol. The minimum absolute atomic E-state index is 0.0928. The second kappa shape index (κ2) is 11.4. The molecule has 166 valence electrons. The van der Waals surface area contributed by atoms with Gasteiger partial charge < -0.3 is 21.5 Å². The lowest BCUT2D eigenvalue weighted by Crippen LogP contribution is -2.52. The Balaban J connectivity index is 1.86. The molecule has 0 radical (unpaired) electrons. The van der Waals surface area contributed by atoms with E-state index in [1.807, 2.05) is 30.3 Å². The number of rotatable bonds is 12. The van der Waals surface area contributed by atoms with Crippen LogP contribution in [0.4, 0.5) is 0 Å². The van der Waals surface area contributed by atoms with E-state index in [1.54, 1.807) is 17.8 Å². The van der Waals surface area contributed by atoms with Crippen LogP contribution in [0.15, 0.2) is 36.5 Å². The Bertz CT molecular complexity index is 914. The average Bonchev–Trinajstić information content (AvgIpc) is 3.22. The number of carboxylic acid groups (broad SMARTS) is 1. The summed E-state index contributed by atoms with van der Waals surface area (Å²) in [6.45, 7) is 1.70. The molecule has 0 spiro atoms. The van der Waals surface area contributed by atoms with Gasteiger partial charge in [-0.05, 0) is 25.0 Å². The van der Waals surface area contributed by atoms with Crippen molar-refractivity contribution in [3.8, 4) is 5.69 Å². The lowest BCUT2D eigenvalue weighted by atomic mass is 10.1. The average molecular weight is 430 g/mol. The summed E-state index contributed by atoms with van der Waals surface area (Å²) >= 11 is 0. The van der Waals surface area contributed by atoms with Crippen LogP contribution in [0.2, 0.25) is 0 Å². The number of carboxylic acids is 1. The molecule has 0 bridgehead atoms. The van der Waals surface area contributed by atoms with Crippen molar-refractivity contribution in [3.05, 3.63) is 42.2 Å². The van der Waals surface area contributed by atoms with Crippen LogP contribution in [0.1, 0.15) is 38.3 Å². The van der Waals surface area contributed by atoms with Crippen molar-refractivity contribution in [3.63, 3.8) is 0 Å². The van der Waals surface area contributed by atoms with E-state index in [0.717, 1.165) is 5.69 Å². The third kappa shape index (κ3) is 7.53. The van der Waals surface area contributed by atoms with Crippen molar-refractivity contribution in [2.75, 3.05) is 0 Å². The first-order valence-electron chi connectivity index (χ1n) is 9.87. The second-order valence-electron chi connectivity index (χ2n) is 6.91. The smallest absolute Gasteiger partial charge is 0.303 e. The number of hydrogen-bond acceptors (Lipinski definition) is 6. The number of nitrogens with zero attached hydrogens (tertiary/aromatic N) is 3. The minimum atomic E-state index is -1.12. The molecule has 1 aromatic heterocycles. The fourth-order valence-electron chi connectivity index (χ4n) is 2.81. The van der Waals surface area contributed by atoms with E-state index in [1.165, 1.54) is 0 Å². The number of nitrogens with two attached hydrogens (primary N) is 1. The molecule has 5 N–H and O–H groups in total. The second-order valence-corrected chi connectivity index (χ2v) is 6.91.